The van der Waals surface area contributed by atoms with E-state index in [1.54, 1.807) is 23.3 Å². The highest BCUT2D eigenvalue weighted by molar-refractivity contribution is 6.09. The molecule has 0 aliphatic carbocycles. The molecule has 3 aromatic heterocycles. The number of hydrogen-bond acceptors (Lipinski definition) is 4. The quantitative estimate of drug-likeness (QED) is 0.512. The van der Waals surface area contributed by atoms with Gasteiger partial charge < -0.3 is 9.73 Å². The van der Waals surface area contributed by atoms with Crippen LogP contribution in [0.3, 0.4) is 0 Å². The van der Waals surface area contributed by atoms with Crippen LogP contribution in [0, 0.1) is 0 Å². The van der Waals surface area contributed by atoms with Crippen LogP contribution in [0.1, 0.15) is 5.56 Å². The Morgan fingerprint density at radius 2 is 2.00 bits per heavy atom. The van der Waals surface area contributed by atoms with E-state index in [1.807, 2.05) is 54.7 Å². The summed E-state index contributed by atoms with van der Waals surface area (Å²) < 4.78 is 7.32. The summed E-state index contributed by atoms with van der Waals surface area (Å²) in [7, 11) is 0. The van der Waals surface area contributed by atoms with Crippen LogP contribution in [0.4, 0.5) is 5.69 Å². The standard InChI is InChI=1S/C22H16N4O2/c27-21(25-17-7-9-20(23-13-17)26-11-3-10-24-26)12-16-14-28-19-8-6-15-4-1-2-5-18(15)22(16)19/h1-11,13-14H,12H2,(H,25,27). The third-order valence-electron chi connectivity index (χ3n) is 4.66. The van der Waals surface area contributed by atoms with E-state index < -0.39 is 0 Å². The lowest BCUT2D eigenvalue weighted by molar-refractivity contribution is -0.115. The zero-order valence-electron chi connectivity index (χ0n) is 14.9. The first-order valence-corrected chi connectivity index (χ1v) is 8.92. The van der Waals surface area contributed by atoms with Gasteiger partial charge in [0.1, 0.15) is 5.58 Å². The van der Waals surface area contributed by atoms with Crippen LogP contribution in [-0.2, 0) is 11.2 Å². The van der Waals surface area contributed by atoms with Gasteiger partial charge in [-0.3, -0.25) is 4.79 Å². The average Bonchev–Trinajstić information content (AvgIpc) is 3.39. The van der Waals surface area contributed by atoms with E-state index in [9.17, 15) is 4.79 Å². The average molecular weight is 368 g/mol. The number of amides is 1. The SMILES string of the molecule is O=C(Cc1coc2ccc3ccccc3c12)Nc1ccc(-n2cccn2)nc1. The first-order chi connectivity index (χ1) is 13.8. The summed E-state index contributed by atoms with van der Waals surface area (Å²) in [6.07, 6.45) is 7.01. The summed E-state index contributed by atoms with van der Waals surface area (Å²) in [4.78, 5) is 16.9. The molecule has 0 fully saturated rings. The molecule has 0 saturated carbocycles. The molecule has 5 aromatic rings. The minimum Gasteiger partial charge on any atom is -0.464 e. The van der Waals surface area contributed by atoms with Crippen LogP contribution < -0.4 is 5.32 Å². The number of benzene rings is 2. The molecule has 6 nitrogen and oxygen atoms in total. The maximum Gasteiger partial charge on any atom is 0.228 e. The molecular weight excluding hydrogens is 352 g/mol. The number of fused-ring (bicyclic) bond motifs is 3. The van der Waals surface area contributed by atoms with Crippen molar-refractivity contribution < 1.29 is 9.21 Å². The predicted octanol–water partition coefficient (Wildman–Crippen LogP) is 4.35. The number of nitrogens with one attached hydrogen (secondary N) is 1. The number of aromatic nitrogens is 3. The van der Waals surface area contributed by atoms with Gasteiger partial charge in [0.2, 0.25) is 5.91 Å². The van der Waals surface area contributed by atoms with Crippen molar-refractivity contribution in [2.45, 2.75) is 6.42 Å². The topological polar surface area (TPSA) is 73.0 Å². The summed E-state index contributed by atoms with van der Waals surface area (Å²) in [6.45, 7) is 0. The Morgan fingerprint density at radius 1 is 1.07 bits per heavy atom. The van der Waals surface area contributed by atoms with Crippen LogP contribution in [0.5, 0.6) is 0 Å². The van der Waals surface area contributed by atoms with Gasteiger partial charge in [-0.1, -0.05) is 30.3 Å². The van der Waals surface area contributed by atoms with Gasteiger partial charge in [-0.25, -0.2) is 9.67 Å². The van der Waals surface area contributed by atoms with Gasteiger partial charge in [0, 0.05) is 23.3 Å². The summed E-state index contributed by atoms with van der Waals surface area (Å²) in [5, 5.41) is 10.2. The Hall–Kier alpha value is -3.93. The normalized spacial score (nSPS) is 11.1. The summed E-state index contributed by atoms with van der Waals surface area (Å²) >= 11 is 0. The highest BCUT2D eigenvalue weighted by atomic mass is 16.3. The second-order valence-corrected chi connectivity index (χ2v) is 6.50. The van der Waals surface area contributed by atoms with Crippen molar-refractivity contribution >= 4 is 33.3 Å². The van der Waals surface area contributed by atoms with Crippen molar-refractivity contribution in [3.8, 4) is 5.82 Å². The van der Waals surface area contributed by atoms with Gasteiger partial charge in [0.25, 0.3) is 0 Å². The fraction of sp³-hybridized carbons (Fsp3) is 0.0455. The molecule has 5 rings (SSSR count). The molecule has 0 saturated heterocycles. The lowest BCUT2D eigenvalue weighted by atomic mass is 10.0. The smallest absolute Gasteiger partial charge is 0.228 e. The summed E-state index contributed by atoms with van der Waals surface area (Å²) in [5.41, 5.74) is 2.29. The molecule has 1 amide bonds. The van der Waals surface area contributed by atoms with E-state index in [0.29, 0.717) is 11.5 Å². The largest absolute Gasteiger partial charge is 0.464 e. The molecular formula is C22H16N4O2. The Bertz CT molecular complexity index is 1270. The molecule has 28 heavy (non-hydrogen) atoms. The molecule has 0 bridgehead atoms. The third kappa shape index (κ3) is 2.91. The lowest BCUT2D eigenvalue weighted by Crippen LogP contribution is -2.14. The Labute approximate surface area is 160 Å². The summed E-state index contributed by atoms with van der Waals surface area (Å²) in [6, 6.07) is 17.5. The molecule has 136 valence electrons. The number of pyridine rings is 1. The van der Waals surface area contributed by atoms with Gasteiger partial charge in [-0.2, -0.15) is 5.10 Å². The van der Waals surface area contributed by atoms with Crippen molar-refractivity contribution in [1.29, 1.82) is 0 Å². The molecule has 0 aliphatic rings. The van der Waals surface area contributed by atoms with Crippen LogP contribution in [-0.4, -0.2) is 20.7 Å². The first-order valence-electron chi connectivity index (χ1n) is 8.92. The van der Waals surface area contributed by atoms with Crippen molar-refractivity contribution in [2.24, 2.45) is 0 Å². The highest BCUT2D eigenvalue weighted by Gasteiger charge is 2.13. The number of carbonyl (C=O) groups excluding carboxylic acids is 1. The van der Waals surface area contributed by atoms with E-state index >= 15 is 0 Å². The number of nitrogens with zero attached hydrogens (tertiary/aromatic N) is 3. The maximum atomic E-state index is 12.6. The fourth-order valence-corrected chi connectivity index (χ4v) is 3.38. The molecule has 0 aliphatic heterocycles. The zero-order valence-corrected chi connectivity index (χ0v) is 14.9. The molecule has 0 unspecified atom stereocenters. The second-order valence-electron chi connectivity index (χ2n) is 6.50. The second kappa shape index (κ2) is 6.66. The van der Waals surface area contributed by atoms with Crippen molar-refractivity contribution in [3.63, 3.8) is 0 Å². The fourth-order valence-electron chi connectivity index (χ4n) is 3.38. The molecule has 0 spiro atoms. The molecule has 1 N–H and O–H groups in total. The van der Waals surface area contributed by atoms with Crippen LogP contribution >= 0.6 is 0 Å². The van der Waals surface area contributed by atoms with Crippen molar-refractivity contribution in [3.05, 3.63) is 85.0 Å². The number of furan rings is 1. The lowest BCUT2D eigenvalue weighted by Gasteiger charge is -2.06. The molecule has 3 heterocycles. The van der Waals surface area contributed by atoms with E-state index in [-0.39, 0.29) is 12.3 Å². The Morgan fingerprint density at radius 3 is 2.82 bits per heavy atom. The van der Waals surface area contributed by atoms with E-state index in [4.69, 9.17) is 4.42 Å². The number of rotatable bonds is 4. The number of hydrogen-bond donors (Lipinski definition) is 1. The predicted molar refractivity (Wildman–Crippen MR) is 107 cm³/mol. The highest BCUT2D eigenvalue weighted by Crippen LogP contribution is 2.30. The van der Waals surface area contributed by atoms with Crippen LogP contribution in [0.25, 0.3) is 27.6 Å². The molecule has 6 heteroatoms. The van der Waals surface area contributed by atoms with Gasteiger partial charge in [-0.05, 0) is 35.0 Å². The van der Waals surface area contributed by atoms with Gasteiger partial charge in [0.15, 0.2) is 5.82 Å². The Balaban J connectivity index is 1.38. The van der Waals surface area contributed by atoms with E-state index in [1.165, 1.54) is 0 Å². The van der Waals surface area contributed by atoms with Gasteiger partial charge in [0.05, 0.1) is 24.6 Å². The zero-order chi connectivity index (χ0) is 18.9. The van der Waals surface area contributed by atoms with Crippen LogP contribution in [0.2, 0.25) is 0 Å². The van der Waals surface area contributed by atoms with Gasteiger partial charge >= 0.3 is 0 Å². The van der Waals surface area contributed by atoms with E-state index in [0.717, 1.165) is 27.3 Å². The maximum absolute atomic E-state index is 12.6. The minimum atomic E-state index is -0.121. The summed E-state index contributed by atoms with van der Waals surface area (Å²) in [5.74, 6) is 0.569. The third-order valence-corrected chi connectivity index (χ3v) is 4.66. The minimum absolute atomic E-state index is 0.121. The van der Waals surface area contributed by atoms with Gasteiger partial charge in [-0.15, -0.1) is 0 Å². The molecule has 0 atom stereocenters. The monoisotopic (exact) mass is 368 g/mol. The first kappa shape index (κ1) is 16.3. The molecule has 0 radical (unpaired) electrons. The molecule has 2 aromatic carbocycles. The van der Waals surface area contributed by atoms with Crippen LogP contribution in [0.15, 0.2) is 83.9 Å². The van der Waals surface area contributed by atoms with E-state index in [2.05, 4.69) is 21.5 Å². The van der Waals surface area contributed by atoms with Crippen molar-refractivity contribution in [1.82, 2.24) is 14.8 Å². The Kier molecular flexibility index (Phi) is 3.87. The van der Waals surface area contributed by atoms with Crippen molar-refractivity contribution in [2.75, 3.05) is 5.32 Å². The number of carbonyl (C=O) groups is 1. The number of anilines is 1.